The van der Waals surface area contributed by atoms with Crippen molar-refractivity contribution in [2.45, 2.75) is 12.5 Å². The van der Waals surface area contributed by atoms with Crippen LogP contribution in [0.5, 0.6) is 5.75 Å². The van der Waals surface area contributed by atoms with Gasteiger partial charge in [0.25, 0.3) is 0 Å². The van der Waals surface area contributed by atoms with Crippen molar-refractivity contribution < 1.29 is 19.1 Å². The molecule has 0 aliphatic carbocycles. The molecule has 0 saturated carbocycles. The number of nitrogens with zero attached hydrogens (tertiary/aromatic N) is 1. The Morgan fingerprint density at radius 3 is 2.83 bits per heavy atom. The Morgan fingerprint density at radius 2 is 2.08 bits per heavy atom. The van der Waals surface area contributed by atoms with E-state index in [0.29, 0.717) is 39.3 Å². The van der Waals surface area contributed by atoms with Gasteiger partial charge in [-0.2, -0.15) is 0 Å². The fourth-order valence-corrected chi connectivity index (χ4v) is 2.53. The second kappa shape index (κ2) is 9.89. The molecule has 2 amide bonds. The minimum atomic E-state index is -0.133. The van der Waals surface area contributed by atoms with E-state index in [1.165, 1.54) is 0 Å². The molecule has 0 spiro atoms. The summed E-state index contributed by atoms with van der Waals surface area (Å²) < 4.78 is 10.5. The van der Waals surface area contributed by atoms with E-state index in [9.17, 15) is 9.59 Å². The van der Waals surface area contributed by atoms with Crippen LogP contribution in [0.15, 0.2) is 30.3 Å². The van der Waals surface area contributed by atoms with Crippen LogP contribution in [-0.2, 0) is 14.3 Å². The first-order valence-corrected chi connectivity index (χ1v) is 8.13. The topological polar surface area (TPSA) is 79.9 Å². The predicted octanol–water partition coefficient (Wildman–Crippen LogP) is 0.0185. The number of para-hydroxylation sites is 1. The molecule has 7 heteroatoms. The molecule has 132 valence electrons. The molecule has 1 unspecified atom stereocenters. The maximum absolute atomic E-state index is 12.0. The molecule has 1 saturated heterocycles. The van der Waals surface area contributed by atoms with Crippen molar-refractivity contribution in [1.29, 1.82) is 0 Å². The summed E-state index contributed by atoms with van der Waals surface area (Å²) in [6.07, 6.45) is 0.342. The summed E-state index contributed by atoms with van der Waals surface area (Å²) in [6, 6.07) is 9.36. The van der Waals surface area contributed by atoms with Gasteiger partial charge in [0.2, 0.25) is 11.8 Å². The third-order valence-corrected chi connectivity index (χ3v) is 3.72. The highest BCUT2D eigenvalue weighted by Gasteiger charge is 2.30. The molecule has 7 nitrogen and oxygen atoms in total. The first kappa shape index (κ1) is 18.2. The molecule has 2 rings (SSSR count). The molecule has 0 aromatic heterocycles. The smallest absolute Gasteiger partial charge is 0.234 e. The van der Waals surface area contributed by atoms with E-state index in [0.717, 1.165) is 5.75 Å². The molecular formula is C17H25N3O4. The van der Waals surface area contributed by atoms with E-state index in [4.69, 9.17) is 9.47 Å². The number of methoxy groups -OCH3 is 1. The first-order chi connectivity index (χ1) is 11.7. The number of nitrogens with one attached hydrogen (secondary N) is 2. The van der Waals surface area contributed by atoms with Crippen LogP contribution in [0.1, 0.15) is 6.42 Å². The van der Waals surface area contributed by atoms with Crippen molar-refractivity contribution in [3.63, 3.8) is 0 Å². The molecule has 24 heavy (non-hydrogen) atoms. The molecule has 2 N–H and O–H groups in total. The van der Waals surface area contributed by atoms with Gasteiger partial charge in [0.1, 0.15) is 12.4 Å². The van der Waals surface area contributed by atoms with E-state index in [-0.39, 0.29) is 24.4 Å². The maximum Gasteiger partial charge on any atom is 0.234 e. The van der Waals surface area contributed by atoms with Crippen molar-refractivity contribution >= 4 is 11.8 Å². The second-order valence-corrected chi connectivity index (χ2v) is 5.64. The van der Waals surface area contributed by atoms with Crippen molar-refractivity contribution in [3.05, 3.63) is 30.3 Å². The van der Waals surface area contributed by atoms with Crippen LogP contribution in [0.3, 0.4) is 0 Å². The Bertz CT molecular complexity index is 524. The summed E-state index contributed by atoms with van der Waals surface area (Å²) in [5, 5.41) is 5.86. The third kappa shape index (κ3) is 6.17. The van der Waals surface area contributed by atoms with E-state index in [1.807, 2.05) is 30.3 Å². The average Bonchev–Trinajstić information content (AvgIpc) is 2.92. The van der Waals surface area contributed by atoms with E-state index in [1.54, 1.807) is 12.0 Å². The Hall–Kier alpha value is -2.12. The lowest BCUT2D eigenvalue weighted by Gasteiger charge is -2.17. The molecular weight excluding hydrogens is 310 g/mol. The molecule has 1 aliphatic heterocycles. The number of ether oxygens (including phenoxy) is 2. The highest BCUT2D eigenvalue weighted by atomic mass is 16.5. The van der Waals surface area contributed by atoms with Crippen molar-refractivity contribution in [2.24, 2.45) is 0 Å². The summed E-state index contributed by atoms with van der Waals surface area (Å²) in [5.41, 5.74) is 0. The first-order valence-electron chi connectivity index (χ1n) is 8.13. The SMILES string of the molecule is COCCNCC(=O)NC1CC(=O)N(CCOc2ccccc2)C1. The molecule has 0 radical (unpaired) electrons. The maximum atomic E-state index is 12.0. The van der Waals surface area contributed by atoms with E-state index >= 15 is 0 Å². The lowest BCUT2D eigenvalue weighted by molar-refractivity contribution is -0.128. The van der Waals surface area contributed by atoms with Crippen LogP contribution in [0, 0.1) is 0 Å². The zero-order valence-electron chi connectivity index (χ0n) is 14.0. The minimum absolute atomic E-state index is 0.0457. The van der Waals surface area contributed by atoms with Crippen molar-refractivity contribution in [3.8, 4) is 5.75 Å². The summed E-state index contributed by atoms with van der Waals surface area (Å²) in [5.74, 6) is 0.728. The van der Waals surface area contributed by atoms with Crippen LogP contribution in [0.4, 0.5) is 0 Å². The number of hydrogen-bond donors (Lipinski definition) is 2. The van der Waals surface area contributed by atoms with Gasteiger partial charge in [-0.25, -0.2) is 0 Å². The van der Waals surface area contributed by atoms with Gasteiger partial charge in [-0.05, 0) is 12.1 Å². The summed E-state index contributed by atoms with van der Waals surface area (Å²) in [4.78, 5) is 25.5. The number of carbonyl (C=O) groups excluding carboxylic acids is 2. The number of carbonyl (C=O) groups is 2. The normalized spacial score (nSPS) is 17.1. The van der Waals surface area contributed by atoms with Gasteiger partial charge in [0.05, 0.1) is 25.7 Å². The standard InChI is InChI=1S/C17H25N3O4/c1-23-9-7-18-12-16(21)19-14-11-17(22)20(13-14)8-10-24-15-5-3-2-4-6-15/h2-6,14,18H,7-13H2,1H3,(H,19,21). The van der Waals surface area contributed by atoms with Crippen LogP contribution in [0.2, 0.25) is 0 Å². The largest absolute Gasteiger partial charge is 0.492 e. The van der Waals surface area contributed by atoms with Crippen LogP contribution in [-0.4, -0.2) is 69.3 Å². The van der Waals surface area contributed by atoms with Crippen molar-refractivity contribution in [1.82, 2.24) is 15.5 Å². The number of rotatable bonds is 10. The van der Waals surface area contributed by atoms with Gasteiger partial charge in [-0.3, -0.25) is 9.59 Å². The van der Waals surface area contributed by atoms with E-state index < -0.39 is 0 Å². The molecule has 1 fully saturated rings. The molecule has 1 atom stereocenters. The zero-order valence-corrected chi connectivity index (χ0v) is 14.0. The quantitative estimate of drug-likeness (QED) is 0.589. The van der Waals surface area contributed by atoms with Crippen LogP contribution < -0.4 is 15.4 Å². The Kier molecular flexibility index (Phi) is 7.51. The third-order valence-electron chi connectivity index (χ3n) is 3.72. The number of amides is 2. The minimum Gasteiger partial charge on any atom is -0.492 e. The Labute approximate surface area is 142 Å². The van der Waals surface area contributed by atoms with Crippen molar-refractivity contribution in [2.75, 3.05) is 46.5 Å². The lowest BCUT2D eigenvalue weighted by Crippen LogP contribution is -2.42. The molecule has 1 aliphatic rings. The highest BCUT2D eigenvalue weighted by Crippen LogP contribution is 2.12. The predicted molar refractivity (Wildman–Crippen MR) is 89.8 cm³/mol. The fourth-order valence-electron chi connectivity index (χ4n) is 2.53. The summed E-state index contributed by atoms with van der Waals surface area (Å²) in [6.45, 7) is 2.90. The zero-order chi connectivity index (χ0) is 17.2. The Balaban J connectivity index is 1.64. The van der Waals surface area contributed by atoms with Gasteiger partial charge in [0, 0.05) is 26.6 Å². The molecule has 1 heterocycles. The molecule has 1 aromatic carbocycles. The van der Waals surface area contributed by atoms with Crippen LogP contribution in [0.25, 0.3) is 0 Å². The number of benzene rings is 1. The van der Waals surface area contributed by atoms with Crippen LogP contribution >= 0.6 is 0 Å². The number of hydrogen-bond acceptors (Lipinski definition) is 5. The second-order valence-electron chi connectivity index (χ2n) is 5.64. The molecule has 0 bridgehead atoms. The summed E-state index contributed by atoms with van der Waals surface area (Å²) >= 11 is 0. The lowest BCUT2D eigenvalue weighted by atomic mass is 10.2. The fraction of sp³-hybridized carbons (Fsp3) is 0.529. The molecule has 1 aromatic rings. The highest BCUT2D eigenvalue weighted by molar-refractivity contribution is 5.83. The van der Waals surface area contributed by atoms with Gasteiger partial charge < -0.3 is 25.0 Å². The van der Waals surface area contributed by atoms with Gasteiger partial charge in [0.15, 0.2) is 0 Å². The van der Waals surface area contributed by atoms with E-state index in [2.05, 4.69) is 10.6 Å². The van der Waals surface area contributed by atoms with Gasteiger partial charge in [-0.1, -0.05) is 18.2 Å². The summed E-state index contributed by atoms with van der Waals surface area (Å²) in [7, 11) is 1.61. The van der Waals surface area contributed by atoms with Gasteiger partial charge >= 0.3 is 0 Å². The van der Waals surface area contributed by atoms with Gasteiger partial charge in [-0.15, -0.1) is 0 Å². The number of likely N-dealkylation sites (tertiary alicyclic amines) is 1. The monoisotopic (exact) mass is 335 g/mol. The average molecular weight is 335 g/mol. The Morgan fingerprint density at radius 1 is 1.29 bits per heavy atom.